The molecule has 0 saturated heterocycles. The molecule has 2 aliphatic rings. The summed E-state index contributed by atoms with van der Waals surface area (Å²) in [6.07, 6.45) is 0. The summed E-state index contributed by atoms with van der Waals surface area (Å²) < 4.78 is 143. The maximum atomic E-state index is 10.7. The van der Waals surface area contributed by atoms with Gasteiger partial charge in [-0.25, -0.2) is 16.8 Å². The van der Waals surface area contributed by atoms with Gasteiger partial charge in [-0.05, 0) is 127 Å². The molecule has 0 spiro atoms. The summed E-state index contributed by atoms with van der Waals surface area (Å²) in [4.78, 5) is 0. The second-order valence-corrected chi connectivity index (χ2v) is 23.4. The quantitative estimate of drug-likeness (QED) is 0.0513. The van der Waals surface area contributed by atoms with E-state index < -0.39 is 47.1 Å². The van der Waals surface area contributed by atoms with Gasteiger partial charge in [-0.1, -0.05) is 117 Å². The van der Waals surface area contributed by atoms with Crippen LogP contribution in [0.15, 0.2) is 97.1 Å². The molecule has 0 atom stereocenters. The molecule has 8 rings (SSSR count). The van der Waals surface area contributed by atoms with Crippen molar-refractivity contribution in [3.8, 4) is 34.1 Å². The zero-order valence-electron chi connectivity index (χ0n) is 39.0. The van der Waals surface area contributed by atoms with Crippen molar-refractivity contribution in [3.05, 3.63) is 142 Å². The van der Waals surface area contributed by atoms with Crippen molar-refractivity contribution in [1.82, 2.24) is 0 Å². The molecule has 0 saturated carbocycles. The fourth-order valence-corrected chi connectivity index (χ4v) is 13.6. The van der Waals surface area contributed by atoms with Crippen LogP contribution in [-0.4, -0.2) is 61.5 Å². The van der Waals surface area contributed by atoms with Crippen LogP contribution in [0.4, 0.5) is 26.3 Å². The topological polar surface area (TPSA) is 214 Å². The van der Waals surface area contributed by atoms with E-state index in [2.05, 4.69) is 152 Å². The van der Waals surface area contributed by atoms with E-state index in [0.717, 1.165) is 34.1 Å². The van der Waals surface area contributed by atoms with Crippen molar-refractivity contribution in [3.63, 3.8) is 0 Å². The van der Waals surface area contributed by atoms with Crippen molar-refractivity contribution in [2.45, 2.75) is 66.4 Å². The predicted octanol–water partition coefficient (Wildman–Crippen LogP) is 7.25. The molecule has 0 radical (unpaired) electrons. The van der Waals surface area contributed by atoms with Crippen molar-refractivity contribution in [2.75, 3.05) is 13.6 Å². The van der Waals surface area contributed by atoms with Crippen LogP contribution in [0.25, 0.3) is 11.1 Å². The van der Waals surface area contributed by atoms with Gasteiger partial charge in [0.1, 0.15) is 0 Å². The third-order valence-corrected chi connectivity index (χ3v) is 16.1. The van der Waals surface area contributed by atoms with Gasteiger partial charge in [0.25, 0.3) is 0 Å². The molecule has 71 heavy (non-hydrogen) atoms. The fraction of sp³-hybridized carbons (Fsp3) is 0.250. The Morgan fingerprint density at radius 1 is 0.423 bits per heavy atom. The van der Waals surface area contributed by atoms with Gasteiger partial charge < -0.3 is 39.0 Å². The van der Waals surface area contributed by atoms with Gasteiger partial charge in [0.05, 0.1) is 0 Å². The minimum Gasteiger partial charge on any atom is -0.741 e. The summed E-state index contributed by atoms with van der Waals surface area (Å²) in [7, 11) is -14.3. The average molecular weight is 1160 g/mol. The molecular formula is C48H48F6O12P2PdS2. The summed E-state index contributed by atoms with van der Waals surface area (Å²) in [5.74, 6) is 3.03. The van der Waals surface area contributed by atoms with Crippen LogP contribution in [0.5, 0.6) is 23.0 Å². The number of ether oxygens (including phenoxy) is 4. The number of hydrogen-bond acceptors (Lipinski definition) is 10. The summed E-state index contributed by atoms with van der Waals surface area (Å²) in [6, 6.07) is 36.7. The molecule has 0 amide bonds. The Bertz CT molecular complexity index is 2740. The number of rotatable bonds is 7. The number of alkyl halides is 6. The molecule has 4 N–H and O–H groups in total. The van der Waals surface area contributed by atoms with Crippen LogP contribution in [0, 0.1) is 55.4 Å². The summed E-state index contributed by atoms with van der Waals surface area (Å²) >= 11 is 0. The third kappa shape index (κ3) is 14.3. The molecule has 0 unspecified atom stereocenters. The first-order valence-corrected chi connectivity index (χ1v) is 25.9. The van der Waals surface area contributed by atoms with Crippen molar-refractivity contribution in [1.29, 1.82) is 0 Å². The molecule has 23 heteroatoms. The second kappa shape index (κ2) is 23.5. The second-order valence-electron chi connectivity index (χ2n) is 16.2. The Kier molecular flexibility index (Phi) is 20.1. The van der Waals surface area contributed by atoms with Gasteiger partial charge in [0, 0.05) is 11.1 Å². The van der Waals surface area contributed by atoms with E-state index in [0.29, 0.717) is 0 Å². The maximum absolute atomic E-state index is 10.7. The Hall–Kier alpha value is -4.64. The molecule has 386 valence electrons. The Balaban J connectivity index is 0.000000607. The molecule has 0 aliphatic carbocycles. The number of benzene rings is 6. The summed E-state index contributed by atoms with van der Waals surface area (Å²) in [5, 5.41) is 7.61. The van der Waals surface area contributed by atoms with E-state index in [1.165, 1.54) is 76.3 Å². The van der Waals surface area contributed by atoms with Crippen LogP contribution in [0.2, 0.25) is 0 Å². The van der Waals surface area contributed by atoms with Gasteiger partial charge in [0.15, 0.2) is 43.2 Å². The van der Waals surface area contributed by atoms with Crippen LogP contribution in [0.1, 0.15) is 44.5 Å². The Morgan fingerprint density at radius 3 is 0.831 bits per heavy atom. The zero-order chi connectivity index (χ0) is 50.3. The van der Waals surface area contributed by atoms with E-state index in [1.54, 1.807) is 0 Å². The Labute approximate surface area is 424 Å². The van der Waals surface area contributed by atoms with Crippen molar-refractivity contribution < 1.29 is 103 Å². The molecular weight excluding hydrogens is 1120 g/mol. The molecule has 0 bridgehead atoms. The van der Waals surface area contributed by atoms with Gasteiger partial charge in [-0.15, -0.1) is 0 Å². The minimum atomic E-state index is -6.09. The molecule has 2 aliphatic heterocycles. The number of aryl methyl sites for hydroxylation is 8. The van der Waals surface area contributed by atoms with E-state index >= 15 is 0 Å². The number of fused-ring (bicyclic) bond motifs is 2. The average Bonchev–Trinajstić information content (AvgIpc) is 3.86. The van der Waals surface area contributed by atoms with Crippen LogP contribution in [0.3, 0.4) is 0 Å². The number of halogens is 6. The first-order valence-electron chi connectivity index (χ1n) is 20.4. The molecule has 2 heterocycles. The predicted molar refractivity (Wildman–Crippen MR) is 258 cm³/mol. The van der Waals surface area contributed by atoms with Gasteiger partial charge in [-0.2, -0.15) is 26.3 Å². The van der Waals surface area contributed by atoms with Gasteiger partial charge in [0.2, 0.25) is 13.6 Å². The molecule has 12 nitrogen and oxygen atoms in total. The smallest absolute Gasteiger partial charge is 0.741 e. The first kappa shape index (κ1) is 60.7. The van der Waals surface area contributed by atoms with Crippen molar-refractivity contribution in [2.24, 2.45) is 0 Å². The number of hydrogen-bond donors (Lipinski definition) is 0. The standard InChI is InChI=1S/C46H44O4P2.2CHF3O3S.2H2O.Pd/c1-27-13-28(2)18-35(17-27)51(36-19-29(3)14-30(4)20-36)41-11-9-39-45(49-25-47-39)43(41)44-42(12-10-40-46(44)50-26-48-40)52(37-21-31(5)15-32(6)22-37)38-23-33(7)16-34(8)24-38;2*2-1(3,4)8(5,6)7;;;/h9-24H,25-26H2,1-8H3;2*(H,5,6,7);2*1H2;/q;;;;;+2/p-2. The largest absolute Gasteiger partial charge is 2.00 e. The van der Waals surface area contributed by atoms with Crippen LogP contribution < -0.4 is 50.8 Å². The third-order valence-electron chi connectivity index (χ3n) is 10.2. The zero-order valence-corrected chi connectivity index (χ0v) is 44.0. The fourth-order valence-electron chi connectivity index (χ4n) is 7.95. The summed E-state index contributed by atoms with van der Waals surface area (Å²) in [5.41, 5.74) is 0.763. The molecule has 6 aromatic carbocycles. The van der Waals surface area contributed by atoms with E-state index in [9.17, 15) is 26.3 Å². The van der Waals surface area contributed by atoms with E-state index in [-0.39, 0.29) is 45.0 Å². The summed E-state index contributed by atoms with van der Waals surface area (Å²) in [6.45, 7) is 17.9. The van der Waals surface area contributed by atoms with Gasteiger partial charge >= 0.3 is 31.4 Å². The Morgan fingerprint density at radius 2 is 0.634 bits per heavy atom. The minimum absolute atomic E-state index is 0. The van der Waals surface area contributed by atoms with E-state index in [4.69, 9.17) is 44.9 Å². The normalized spacial score (nSPS) is 12.7. The van der Waals surface area contributed by atoms with Crippen molar-refractivity contribution >= 4 is 67.9 Å². The maximum Gasteiger partial charge on any atom is 2.00 e. The van der Waals surface area contributed by atoms with Crippen LogP contribution in [-0.2, 0) is 40.7 Å². The van der Waals surface area contributed by atoms with Gasteiger partial charge in [-0.3, -0.25) is 0 Å². The molecule has 0 fully saturated rings. The molecule has 0 aromatic heterocycles. The van der Waals surface area contributed by atoms with E-state index in [1.807, 2.05) is 0 Å². The SMILES string of the molecule is Cc1cc(C)cc(P(c2cc(C)cc(C)c2)c2ccc3c(c2-c2c(P(c4cc(C)cc(C)c4)c4cc(C)cc(C)c4)ccc4c2OCO4)OCO3)c1.O.O.O=S(=O)([O-])C(F)(F)F.O=S(=O)([O-])C(F)(F)F.[Pd+2]. The monoisotopic (exact) mass is 1160 g/mol. The van der Waals surface area contributed by atoms with Crippen LogP contribution >= 0.6 is 15.8 Å². The molecule has 6 aromatic rings. The first-order chi connectivity index (χ1) is 31.5.